The number of imidazole rings is 2. The summed E-state index contributed by atoms with van der Waals surface area (Å²) in [5.74, 6) is 0. The smallest absolute Gasteiger partial charge is 0.324 e. The van der Waals surface area contributed by atoms with Crippen molar-refractivity contribution in [1.82, 2.24) is 24.0 Å². The molecule has 0 aliphatic carbocycles. The molecule has 0 unspecified atom stereocenters. The Bertz CT molecular complexity index is 1260. The fraction of sp³-hybridized carbons (Fsp3) is 0.273. The first-order valence-electron chi connectivity index (χ1n) is 9.55. The van der Waals surface area contributed by atoms with E-state index in [2.05, 4.69) is 53.2 Å². The lowest BCUT2D eigenvalue weighted by Gasteiger charge is -2.30. The van der Waals surface area contributed by atoms with Crippen molar-refractivity contribution in [2.75, 3.05) is 13.1 Å². The predicted molar refractivity (Wildman–Crippen MR) is 111 cm³/mol. The van der Waals surface area contributed by atoms with Crippen LogP contribution in [-0.2, 0) is 14.1 Å². The predicted octanol–water partition coefficient (Wildman–Crippen LogP) is 2.86. The second kappa shape index (κ2) is 6.21. The average molecular weight is 373 g/mol. The van der Waals surface area contributed by atoms with Crippen LogP contribution >= 0.6 is 0 Å². The fourth-order valence-electron chi connectivity index (χ4n) is 4.05. The molecule has 2 aromatic heterocycles. The summed E-state index contributed by atoms with van der Waals surface area (Å²) in [4.78, 5) is 17.1. The maximum Gasteiger partial charge on any atom is 0.328 e. The largest absolute Gasteiger partial charge is 0.328 e. The van der Waals surface area contributed by atoms with Gasteiger partial charge in [0.25, 0.3) is 0 Å². The van der Waals surface area contributed by atoms with Crippen molar-refractivity contribution in [3.05, 3.63) is 64.8 Å². The molecule has 142 valence electrons. The minimum atomic E-state index is -0.0113. The summed E-state index contributed by atoms with van der Waals surface area (Å²) in [5, 5.41) is 3.35. The van der Waals surface area contributed by atoms with Crippen molar-refractivity contribution in [2.24, 2.45) is 14.1 Å². The number of hydrogen-bond acceptors (Lipinski definition) is 3. The second-order valence-electron chi connectivity index (χ2n) is 7.63. The fourth-order valence-corrected chi connectivity index (χ4v) is 4.05. The van der Waals surface area contributed by atoms with Gasteiger partial charge in [-0.15, -0.1) is 0 Å². The molecule has 6 nitrogen and oxygen atoms in total. The first-order chi connectivity index (χ1) is 13.5. The molecule has 1 aliphatic rings. The van der Waals surface area contributed by atoms with E-state index in [4.69, 9.17) is 4.98 Å². The van der Waals surface area contributed by atoms with E-state index in [1.54, 1.807) is 9.13 Å². The van der Waals surface area contributed by atoms with Crippen LogP contribution in [0.25, 0.3) is 33.5 Å². The molecule has 2 aromatic carbocycles. The standard InChI is InChI=1S/C22H23N5O/c1-14-5-4-6-15(9-14)20-21(27(13-24-20)17-11-23-12-17)16-7-8-18-19(10-16)26(3)22(28)25(18)2/h4-10,13,17,23H,11-12H2,1-3H3. The summed E-state index contributed by atoms with van der Waals surface area (Å²) in [6, 6.07) is 15.1. The first kappa shape index (κ1) is 17.0. The normalized spacial score (nSPS) is 14.5. The summed E-state index contributed by atoms with van der Waals surface area (Å²) in [7, 11) is 3.63. The zero-order valence-electron chi connectivity index (χ0n) is 16.3. The van der Waals surface area contributed by atoms with E-state index < -0.39 is 0 Å². The SMILES string of the molecule is Cc1cccc(-c2ncn(C3CNC3)c2-c2ccc3c(c2)n(C)c(=O)n3C)c1. The Balaban J connectivity index is 1.76. The van der Waals surface area contributed by atoms with Crippen LogP contribution in [0.5, 0.6) is 0 Å². The molecule has 1 N–H and O–H groups in total. The van der Waals surface area contributed by atoms with Crippen molar-refractivity contribution < 1.29 is 0 Å². The summed E-state index contributed by atoms with van der Waals surface area (Å²) >= 11 is 0. The Hall–Kier alpha value is -3.12. The summed E-state index contributed by atoms with van der Waals surface area (Å²) in [5.41, 5.74) is 7.35. The number of aromatic nitrogens is 4. The van der Waals surface area contributed by atoms with Crippen LogP contribution in [0.15, 0.2) is 53.6 Å². The van der Waals surface area contributed by atoms with Crippen molar-refractivity contribution in [3.8, 4) is 22.5 Å². The third-order valence-corrected chi connectivity index (χ3v) is 5.78. The van der Waals surface area contributed by atoms with E-state index in [0.29, 0.717) is 6.04 Å². The molecule has 0 spiro atoms. The molecule has 1 saturated heterocycles. The van der Waals surface area contributed by atoms with E-state index in [0.717, 1.165) is 46.6 Å². The second-order valence-corrected chi connectivity index (χ2v) is 7.63. The lowest BCUT2D eigenvalue weighted by molar-refractivity contribution is 0.346. The molecule has 0 bridgehead atoms. The van der Waals surface area contributed by atoms with Gasteiger partial charge in [-0.1, -0.05) is 29.8 Å². The lowest BCUT2D eigenvalue weighted by atomic mass is 10.0. The average Bonchev–Trinajstić information content (AvgIpc) is 3.16. The van der Waals surface area contributed by atoms with Crippen molar-refractivity contribution in [1.29, 1.82) is 0 Å². The molecule has 4 aromatic rings. The van der Waals surface area contributed by atoms with Crippen LogP contribution in [0.2, 0.25) is 0 Å². The van der Waals surface area contributed by atoms with Crippen LogP contribution in [0.4, 0.5) is 0 Å². The molecule has 28 heavy (non-hydrogen) atoms. The zero-order valence-corrected chi connectivity index (χ0v) is 16.3. The minimum Gasteiger partial charge on any atom is -0.324 e. The van der Waals surface area contributed by atoms with Crippen LogP contribution in [0.3, 0.4) is 0 Å². The zero-order chi connectivity index (χ0) is 19.4. The van der Waals surface area contributed by atoms with Crippen LogP contribution in [0, 0.1) is 6.92 Å². The summed E-state index contributed by atoms with van der Waals surface area (Å²) in [6.07, 6.45) is 1.95. The molecular weight excluding hydrogens is 350 g/mol. The first-order valence-corrected chi connectivity index (χ1v) is 9.55. The van der Waals surface area contributed by atoms with Gasteiger partial charge in [0.1, 0.15) is 0 Å². The molecule has 5 rings (SSSR count). The molecule has 1 fully saturated rings. The van der Waals surface area contributed by atoms with Crippen LogP contribution < -0.4 is 11.0 Å². The molecule has 0 radical (unpaired) electrons. The Labute approximate surface area is 163 Å². The highest BCUT2D eigenvalue weighted by Crippen LogP contribution is 2.35. The highest BCUT2D eigenvalue weighted by atomic mass is 16.1. The molecular formula is C22H23N5O. The highest BCUT2D eigenvalue weighted by molar-refractivity contribution is 5.86. The van der Waals surface area contributed by atoms with Gasteiger partial charge in [-0.2, -0.15) is 0 Å². The van der Waals surface area contributed by atoms with Crippen molar-refractivity contribution in [3.63, 3.8) is 0 Å². The number of nitrogens with one attached hydrogen (secondary N) is 1. The number of fused-ring (bicyclic) bond motifs is 1. The maximum atomic E-state index is 12.3. The Morgan fingerprint density at radius 1 is 1.00 bits per heavy atom. The Morgan fingerprint density at radius 3 is 2.50 bits per heavy atom. The molecule has 0 amide bonds. The molecule has 1 aliphatic heterocycles. The van der Waals surface area contributed by atoms with E-state index in [1.165, 1.54) is 5.56 Å². The van der Waals surface area contributed by atoms with Gasteiger partial charge in [0, 0.05) is 38.3 Å². The quantitative estimate of drug-likeness (QED) is 0.601. The highest BCUT2D eigenvalue weighted by Gasteiger charge is 2.25. The summed E-state index contributed by atoms with van der Waals surface area (Å²) in [6.45, 7) is 3.99. The van der Waals surface area contributed by atoms with E-state index in [-0.39, 0.29) is 5.69 Å². The van der Waals surface area contributed by atoms with Gasteiger partial charge < -0.3 is 9.88 Å². The van der Waals surface area contributed by atoms with Crippen molar-refractivity contribution in [2.45, 2.75) is 13.0 Å². The van der Waals surface area contributed by atoms with Gasteiger partial charge in [0.05, 0.1) is 34.8 Å². The van der Waals surface area contributed by atoms with Crippen LogP contribution in [-0.4, -0.2) is 31.8 Å². The van der Waals surface area contributed by atoms with E-state index in [9.17, 15) is 4.79 Å². The monoisotopic (exact) mass is 373 g/mol. The number of hydrogen-bond donors (Lipinski definition) is 1. The van der Waals surface area contributed by atoms with Gasteiger partial charge in [-0.3, -0.25) is 9.13 Å². The van der Waals surface area contributed by atoms with Gasteiger partial charge in [0.15, 0.2) is 0 Å². The topological polar surface area (TPSA) is 56.8 Å². The van der Waals surface area contributed by atoms with Gasteiger partial charge >= 0.3 is 5.69 Å². The van der Waals surface area contributed by atoms with Gasteiger partial charge in [-0.25, -0.2) is 9.78 Å². The Kier molecular flexibility index (Phi) is 3.77. The minimum absolute atomic E-state index is 0.0113. The van der Waals surface area contributed by atoms with E-state index in [1.807, 2.05) is 26.5 Å². The molecule has 0 saturated carbocycles. The van der Waals surface area contributed by atoms with Crippen molar-refractivity contribution >= 4 is 11.0 Å². The molecule has 0 atom stereocenters. The van der Waals surface area contributed by atoms with Gasteiger partial charge in [-0.05, 0) is 25.1 Å². The number of rotatable bonds is 3. The van der Waals surface area contributed by atoms with Crippen LogP contribution in [0.1, 0.15) is 11.6 Å². The number of nitrogens with zero attached hydrogens (tertiary/aromatic N) is 4. The molecule has 3 heterocycles. The Morgan fingerprint density at radius 2 is 1.79 bits per heavy atom. The lowest BCUT2D eigenvalue weighted by Crippen LogP contribution is -2.43. The number of benzene rings is 2. The third kappa shape index (κ3) is 2.45. The van der Waals surface area contributed by atoms with Gasteiger partial charge in [0.2, 0.25) is 0 Å². The molecule has 6 heteroatoms. The number of aryl methyl sites for hydroxylation is 3. The maximum absolute atomic E-state index is 12.3. The van der Waals surface area contributed by atoms with E-state index >= 15 is 0 Å². The summed E-state index contributed by atoms with van der Waals surface area (Å²) < 4.78 is 5.67. The third-order valence-electron chi connectivity index (χ3n) is 5.78.